The van der Waals surface area contributed by atoms with Gasteiger partial charge in [-0.15, -0.1) is 0 Å². The number of carbonyl (C=O) groups excluding carboxylic acids is 2. The monoisotopic (exact) mass is 426 g/mol. The molecule has 0 unspecified atom stereocenters. The van der Waals surface area contributed by atoms with Gasteiger partial charge in [0.25, 0.3) is 11.8 Å². The predicted molar refractivity (Wildman–Crippen MR) is 113 cm³/mol. The molecule has 0 aromatic heterocycles. The molecular formula is C22H20F2N4O3. The molecule has 0 bridgehead atoms. The van der Waals surface area contributed by atoms with Crippen LogP contribution in [0.3, 0.4) is 0 Å². The number of anilines is 2. The first kappa shape index (κ1) is 21.7. The standard InChI is InChI=1S/C16H14FN3O3.C6H6FN/c1-23-20-15(21)11-5-4-9(12-7-19-16(22)14(11)12)10-3-2-8(18)6-13(10)17;7-5-1-3-6(8)4-2-5/h2-6H,7,18H2,1H3,(H,19,22)(H,20,21);1-4H,8H2. The highest BCUT2D eigenvalue weighted by Gasteiger charge is 2.29. The van der Waals surface area contributed by atoms with E-state index in [4.69, 9.17) is 11.5 Å². The molecule has 0 aliphatic carbocycles. The van der Waals surface area contributed by atoms with Crippen molar-refractivity contribution in [1.29, 1.82) is 0 Å². The van der Waals surface area contributed by atoms with Gasteiger partial charge in [-0.05, 0) is 59.7 Å². The predicted octanol–water partition coefficient (Wildman–Crippen LogP) is 3.02. The minimum Gasteiger partial charge on any atom is -0.399 e. The summed E-state index contributed by atoms with van der Waals surface area (Å²) in [7, 11) is 1.30. The summed E-state index contributed by atoms with van der Waals surface area (Å²) in [6, 6.07) is 13.1. The Morgan fingerprint density at radius 1 is 1.00 bits per heavy atom. The highest BCUT2D eigenvalue weighted by molar-refractivity contribution is 6.10. The van der Waals surface area contributed by atoms with Crippen molar-refractivity contribution in [1.82, 2.24) is 10.8 Å². The first-order chi connectivity index (χ1) is 14.8. The second kappa shape index (κ2) is 9.23. The summed E-state index contributed by atoms with van der Waals surface area (Å²) in [4.78, 5) is 28.7. The van der Waals surface area contributed by atoms with Crippen LogP contribution in [0.2, 0.25) is 0 Å². The molecule has 3 aromatic carbocycles. The third-order valence-corrected chi connectivity index (χ3v) is 4.56. The van der Waals surface area contributed by atoms with Gasteiger partial charge in [0.05, 0.1) is 18.2 Å². The van der Waals surface area contributed by atoms with Crippen molar-refractivity contribution in [3.8, 4) is 11.1 Å². The van der Waals surface area contributed by atoms with Crippen LogP contribution in [0.15, 0.2) is 54.6 Å². The molecule has 7 nitrogen and oxygen atoms in total. The van der Waals surface area contributed by atoms with Gasteiger partial charge < -0.3 is 16.8 Å². The lowest BCUT2D eigenvalue weighted by Crippen LogP contribution is -2.25. The molecule has 3 aromatic rings. The van der Waals surface area contributed by atoms with Crippen LogP contribution in [0.1, 0.15) is 26.3 Å². The van der Waals surface area contributed by atoms with Crippen molar-refractivity contribution in [3.05, 3.63) is 82.9 Å². The molecule has 0 radical (unpaired) electrons. The SMILES string of the molecule is CONC(=O)c1ccc(-c2ccc(N)cc2F)c2c1C(=O)NC2.Nc1ccc(F)cc1. The van der Waals surface area contributed by atoms with Crippen molar-refractivity contribution in [2.45, 2.75) is 6.54 Å². The number of nitrogens with one attached hydrogen (secondary N) is 2. The number of benzene rings is 3. The van der Waals surface area contributed by atoms with Crippen LogP contribution in [0.25, 0.3) is 11.1 Å². The smallest absolute Gasteiger partial charge is 0.275 e. The molecular weight excluding hydrogens is 406 g/mol. The minimum atomic E-state index is -0.537. The maximum Gasteiger partial charge on any atom is 0.275 e. The molecule has 1 aliphatic heterocycles. The molecule has 9 heteroatoms. The molecule has 1 aliphatic rings. The minimum absolute atomic E-state index is 0.177. The number of hydroxylamine groups is 1. The van der Waals surface area contributed by atoms with Gasteiger partial charge in [-0.2, -0.15) is 0 Å². The van der Waals surface area contributed by atoms with Crippen molar-refractivity contribution in [2.75, 3.05) is 18.6 Å². The van der Waals surface area contributed by atoms with E-state index in [1.807, 2.05) is 0 Å². The molecule has 0 saturated carbocycles. The van der Waals surface area contributed by atoms with Crippen LogP contribution < -0.4 is 22.3 Å². The number of hydrogen-bond donors (Lipinski definition) is 4. The van der Waals surface area contributed by atoms with E-state index in [0.29, 0.717) is 28.1 Å². The van der Waals surface area contributed by atoms with Gasteiger partial charge >= 0.3 is 0 Å². The molecule has 0 saturated heterocycles. The lowest BCUT2D eigenvalue weighted by molar-refractivity contribution is 0.0535. The highest BCUT2D eigenvalue weighted by atomic mass is 19.1. The van der Waals surface area contributed by atoms with Crippen LogP contribution in [0.5, 0.6) is 0 Å². The maximum absolute atomic E-state index is 14.2. The van der Waals surface area contributed by atoms with E-state index in [1.54, 1.807) is 18.2 Å². The summed E-state index contributed by atoms with van der Waals surface area (Å²) in [6.07, 6.45) is 0. The quantitative estimate of drug-likeness (QED) is 0.379. The summed E-state index contributed by atoms with van der Waals surface area (Å²) >= 11 is 0. The van der Waals surface area contributed by atoms with Crippen LogP contribution in [-0.4, -0.2) is 18.9 Å². The molecule has 2 amide bonds. The third-order valence-electron chi connectivity index (χ3n) is 4.56. The normalized spacial score (nSPS) is 11.8. The fourth-order valence-electron chi connectivity index (χ4n) is 3.15. The molecule has 1 heterocycles. The molecule has 160 valence electrons. The van der Waals surface area contributed by atoms with Gasteiger partial charge in [-0.3, -0.25) is 14.4 Å². The number of fused-ring (bicyclic) bond motifs is 1. The topological polar surface area (TPSA) is 119 Å². The Kier molecular flexibility index (Phi) is 6.46. The summed E-state index contributed by atoms with van der Waals surface area (Å²) in [6.45, 7) is 0.224. The van der Waals surface area contributed by atoms with E-state index in [0.717, 1.165) is 0 Å². The zero-order valence-corrected chi connectivity index (χ0v) is 16.5. The van der Waals surface area contributed by atoms with E-state index in [2.05, 4.69) is 15.6 Å². The number of carbonyl (C=O) groups is 2. The second-order valence-electron chi connectivity index (χ2n) is 6.62. The lowest BCUT2D eigenvalue weighted by atomic mass is 9.92. The Labute approximate surface area is 177 Å². The third kappa shape index (κ3) is 4.78. The van der Waals surface area contributed by atoms with E-state index >= 15 is 0 Å². The zero-order chi connectivity index (χ0) is 22.5. The van der Waals surface area contributed by atoms with Crippen molar-refractivity contribution in [2.24, 2.45) is 0 Å². The molecule has 31 heavy (non-hydrogen) atoms. The molecule has 0 spiro atoms. The number of rotatable bonds is 3. The van der Waals surface area contributed by atoms with E-state index in [9.17, 15) is 18.4 Å². The van der Waals surface area contributed by atoms with E-state index in [1.165, 1.54) is 43.5 Å². The van der Waals surface area contributed by atoms with Crippen molar-refractivity contribution < 1.29 is 23.2 Å². The van der Waals surface area contributed by atoms with Crippen LogP contribution >= 0.6 is 0 Å². The first-order valence-corrected chi connectivity index (χ1v) is 9.15. The number of hydrogen-bond acceptors (Lipinski definition) is 5. The number of halogens is 2. The number of nitrogens with two attached hydrogens (primary N) is 2. The van der Waals surface area contributed by atoms with Gasteiger partial charge in [-0.25, -0.2) is 14.3 Å². The van der Waals surface area contributed by atoms with Gasteiger partial charge in [0.1, 0.15) is 11.6 Å². The molecule has 0 atom stereocenters. The lowest BCUT2D eigenvalue weighted by Gasteiger charge is -2.12. The largest absolute Gasteiger partial charge is 0.399 e. The number of amides is 2. The summed E-state index contributed by atoms with van der Waals surface area (Å²) < 4.78 is 26.2. The van der Waals surface area contributed by atoms with Gasteiger partial charge in [-0.1, -0.05) is 6.07 Å². The van der Waals surface area contributed by atoms with E-state index < -0.39 is 11.7 Å². The van der Waals surface area contributed by atoms with Gasteiger partial charge in [0, 0.05) is 23.5 Å². The van der Waals surface area contributed by atoms with Crippen LogP contribution in [-0.2, 0) is 11.4 Å². The fourth-order valence-corrected chi connectivity index (χ4v) is 3.15. The zero-order valence-electron chi connectivity index (χ0n) is 16.5. The maximum atomic E-state index is 14.2. The van der Waals surface area contributed by atoms with Crippen molar-refractivity contribution >= 4 is 23.2 Å². The Balaban J connectivity index is 0.000000287. The molecule has 6 N–H and O–H groups in total. The van der Waals surface area contributed by atoms with Crippen LogP contribution in [0.4, 0.5) is 20.2 Å². The Hall–Kier alpha value is -3.98. The first-order valence-electron chi connectivity index (χ1n) is 9.15. The summed E-state index contributed by atoms with van der Waals surface area (Å²) in [5.41, 5.74) is 15.8. The van der Waals surface area contributed by atoms with Crippen molar-refractivity contribution in [3.63, 3.8) is 0 Å². The Morgan fingerprint density at radius 2 is 1.65 bits per heavy atom. The second-order valence-corrected chi connectivity index (χ2v) is 6.62. The molecule has 4 rings (SSSR count). The van der Waals surface area contributed by atoms with E-state index in [-0.39, 0.29) is 29.4 Å². The fraction of sp³-hybridized carbons (Fsp3) is 0.0909. The Morgan fingerprint density at radius 3 is 2.26 bits per heavy atom. The number of nitrogen functional groups attached to an aromatic ring is 2. The van der Waals surface area contributed by atoms with Gasteiger partial charge in [0.2, 0.25) is 0 Å². The average Bonchev–Trinajstić information content (AvgIpc) is 3.12. The summed E-state index contributed by atoms with van der Waals surface area (Å²) in [5.74, 6) is -1.65. The average molecular weight is 426 g/mol. The van der Waals surface area contributed by atoms with Crippen LogP contribution in [0, 0.1) is 11.6 Å². The Bertz CT molecular complexity index is 1110. The molecule has 0 fully saturated rings. The highest BCUT2D eigenvalue weighted by Crippen LogP contribution is 2.33. The summed E-state index contributed by atoms with van der Waals surface area (Å²) in [5, 5.41) is 2.66. The van der Waals surface area contributed by atoms with Gasteiger partial charge in [0.15, 0.2) is 0 Å².